The third kappa shape index (κ3) is 5.39. The number of alkyl halides is 3. The Balaban J connectivity index is 2.23. The Kier molecular flexibility index (Phi) is 5.24. The highest BCUT2D eigenvalue weighted by Gasteiger charge is 2.41. The average molecular weight is 252 g/mol. The molecule has 0 heterocycles. The highest BCUT2D eigenvalue weighted by Crippen LogP contribution is 2.37. The molecule has 17 heavy (non-hydrogen) atoms. The van der Waals surface area contributed by atoms with E-state index in [2.05, 4.69) is 5.32 Å². The van der Waals surface area contributed by atoms with Crippen molar-refractivity contribution in [2.75, 3.05) is 6.54 Å². The van der Waals surface area contributed by atoms with Gasteiger partial charge in [0, 0.05) is 12.5 Å². The van der Waals surface area contributed by atoms with E-state index < -0.39 is 12.1 Å². The fraction of sp³-hybridized carbons (Fsp3) is 0.909. The zero-order chi connectivity index (χ0) is 12.9. The number of carbonyl (C=O) groups is 1. The van der Waals surface area contributed by atoms with Crippen molar-refractivity contribution in [2.24, 2.45) is 11.7 Å². The summed E-state index contributed by atoms with van der Waals surface area (Å²) in [5.74, 6) is -1.55. The van der Waals surface area contributed by atoms with Crippen LogP contribution >= 0.6 is 0 Å². The van der Waals surface area contributed by atoms with Crippen molar-refractivity contribution in [1.82, 2.24) is 5.32 Å². The maximum absolute atomic E-state index is 12.5. The molecule has 1 rings (SSSR count). The Morgan fingerprint density at radius 3 is 2.65 bits per heavy atom. The first-order valence-corrected chi connectivity index (χ1v) is 5.98. The van der Waals surface area contributed by atoms with E-state index >= 15 is 0 Å². The van der Waals surface area contributed by atoms with Crippen LogP contribution in [0.2, 0.25) is 0 Å². The molecule has 1 amide bonds. The minimum atomic E-state index is -4.08. The van der Waals surface area contributed by atoms with Gasteiger partial charge >= 0.3 is 6.18 Å². The predicted molar refractivity (Wildman–Crippen MR) is 58.2 cm³/mol. The van der Waals surface area contributed by atoms with Crippen molar-refractivity contribution in [3.63, 3.8) is 0 Å². The number of hydrogen-bond donors (Lipinski definition) is 2. The van der Waals surface area contributed by atoms with Crippen molar-refractivity contribution in [2.45, 2.75) is 50.7 Å². The van der Waals surface area contributed by atoms with Crippen LogP contribution in [-0.2, 0) is 4.79 Å². The van der Waals surface area contributed by atoms with Gasteiger partial charge in [0.25, 0.3) is 0 Å². The largest absolute Gasteiger partial charge is 0.391 e. The van der Waals surface area contributed by atoms with E-state index in [1.165, 1.54) is 0 Å². The summed E-state index contributed by atoms with van der Waals surface area (Å²) in [5, 5.41) is 3.07. The van der Waals surface area contributed by atoms with E-state index in [9.17, 15) is 18.0 Å². The van der Waals surface area contributed by atoms with E-state index in [1.54, 1.807) is 0 Å². The molecule has 1 fully saturated rings. The number of nitrogens with one attached hydrogen (secondary N) is 1. The second-order valence-corrected chi connectivity index (χ2v) is 4.63. The molecule has 0 saturated heterocycles. The summed E-state index contributed by atoms with van der Waals surface area (Å²) in [4.78, 5) is 10.5. The van der Waals surface area contributed by atoms with E-state index in [-0.39, 0.29) is 31.2 Å². The van der Waals surface area contributed by atoms with Crippen molar-refractivity contribution in [1.29, 1.82) is 0 Å². The van der Waals surface area contributed by atoms with Gasteiger partial charge in [-0.1, -0.05) is 6.42 Å². The second-order valence-electron chi connectivity index (χ2n) is 4.63. The van der Waals surface area contributed by atoms with Crippen molar-refractivity contribution in [3.8, 4) is 0 Å². The Labute approximate surface area is 98.9 Å². The number of amides is 1. The van der Waals surface area contributed by atoms with Gasteiger partial charge in [0.15, 0.2) is 0 Å². The van der Waals surface area contributed by atoms with Crippen LogP contribution in [0.15, 0.2) is 0 Å². The summed E-state index contributed by atoms with van der Waals surface area (Å²) < 4.78 is 37.6. The van der Waals surface area contributed by atoms with Crippen LogP contribution in [0.3, 0.4) is 0 Å². The van der Waals surface area contributed by atoms with Crippen LogP contribution in [0.5, 0.6) is 0 Å². The van der Waals surface area contributed by atoms with Gasteiger partial charge in [0.05, 0.1) is 5.92 Å². The minimum absolute atomic E-state index is 0.0803. The molecule has 0 radical (unpaired) electrons. The molecule has 6 heteroatoms. The Morgan fingerprint density at radius 1 is 1.35 bits per heavy atom. The zero-order valence-corrected chi connectivity index (χ0v) is 9.72. The molecule has 0 aromatic carbocycles. The molecule has 100 valence electrons. The third-order valence-electron chi connectivity index (χ3n) is 3.17. The number of primary amides is 1. The monoisotopic (exact) mass is 252 g/mol. The molecule has 2 atom stereocenters. The number of hydrogen-bond acceptors (Lipinski definition) is 2. The van der Waals surface area contributed by atoms with Crippen LogP contribution in [0.25, 0.3) is 0 Å². The number of carbonyl (C=O) groups excluding carboxylic acids is 1. The lowest BCUT2D eigenvalue weighted by Gasteiger charge is -2.31. The fourth-order valence-corrected chi connectivity index (χ4v) is 2.24. The van der Waals surface area contributed by atoms with E-state index in [0.717, 1.165) is 6.42 Å². The Morgan fingerprint density at radius 2 is 2.06 bits per heavy atom. The molecule has 3 nitrogen and oxygen atoms in total. The topological polar surface area (TPSA) is 55.1 Å². The molecule has 0 aromatic heterocycles. The lowest BCUT2D eigenvalue weighted by Crippen LogP contribution is -2.39. The SMILES string of the molecule is NC(=O)CCCNC1CCCC(C(F)(F)F)C1. The van der Waals surface area contributed by atoms with Gasteiger partial charge in [0.2, 0.25) is 5.91 Å². The van der Waals surface area contributed by atoms with Crippen LogP contribution in [0.1, 0.15) is 38.5 Å². The quantitative estimate of drug-likeness (QED) is 0.735. The summed E-state index contributed by atoms with van der Waals surface area (Å²) in [6.45, 7) is 0.554. The number of rotatable bonds is 5. The number of nitrogens with two attached hydrogens (primary N) is 1. The first-order valence-electron chi connectivity index (χ1n) is 5.98. The lowest BCUT2D eigenvalue weighted by molar-refractivity contribution is -0.183. The summed E-state index contributed by atoms with van der Waals surface area (Å²) in [6.07, 6.45) is -1.43. The molecule has 0 spiro atoms. The molecule has 0 aromatic rings. The van der Waals surface area contributed by atoms with Gasteiger partial charge in [-0.25, -0.2) is 0 Å². The van der Waals surface area contributed by atoms with Crippen molar-refractivity contribution >= 4 is 5.91 Å². The Bertz CT molecular complexity index is 256. The van der Waals surface area contributed by atoms with Gasteiger partial charge in [-0.15, -0.1) is 0 Å². The van der Waals surface area contributed by atoms with Crippen LogP contribution < -0.4 is 11.1 Å². The second kappa shape index (κ2) is 6.23. The summed E-state index contributed by atoms with van der Waals surface area (Å²) in [7, 11) is 0. The molecule has 2 unspecified atom stereocenters. The van der Waals surface area contributed by atoms with Crippen molar-refractivity contribution < 1.29 is 18.0 Å². The molecular formula is C11H19F3N2O. The van der Waals surface area contributed by atoms with E-state index in [0.29, 0.717) is 19.4 Å². The summed E-state index contributed by atoms with van der Waals surface area (Å²) in [6, 6.07) is -0.0803. The smallest absolute Gasteiger partial charge is 0.370 e. The average Bonchev–Trinajstić information content (AvgIpc) is 2.23. The van der Waals surface area contributed by atoms with E-state index in [4.69, 9.17) is 5.73 Å². The fourth-order valence-electron chi connectivity index (χ4n) is 2.24. The highest BCUT2D eigenvalue weighted by molar-refractivity contribution is 5.73. The molecule has 0 aliphatic heterocycles. The minimum Gasteiger partial charge on any atom is -0.370 e. The maximum Gasteiger partial charge on any atom is 0.391 e. The van der Waals surface area contributed by atoms with Gasteiger partial charge in [-0.05, 0) is 32.2 Å². The van der Waals surface area contributed by atoms with Gasteiger partial charge in [0.1, 0.15) is 0 Å². The first-order chi connectivity index (χ1) is 7.89. The van der Waals surface area contributed by atoms with Crippen LogP contribution in [0, 0.1) is 5.92 Å². The normalized spacial score (nSPS) is 25.8. The molecule has 1 aliphatic rings. The van der Waals surface area contributed by atoms with E-state index in [1.807, 2.05) is 0 Å². The molecule has 1 aliphatic carbocycles. The molecule has 3 N–H and O–H groups in total. The maximum atomic E-state index is 12.5. The Hall–Kier alpha value is -0.780. The van der Waals surface area contributed by atoms with Crippen LogP contribution in [-0.4, -0.2) is 24.7 Å². The number of halogens is 3. The summed E-state index contributed by atoms with van der Waals surface area (Å²) in [5.41, 5.74) is 4.98. The van der Waals surface area contributed by atoms with Crippen molar-refractivity contribution in [3.05, 3.63) is 0 Å². The molecule has 0 bridgehead atoms. The standard InChI is InChI=1S/C11H19F3N2O/c12-11(13,14)8-3-1-4-9(7-8)16-6-2-5-10(15)17/h8-9,16H,1-7H2,(H2,15,17). The van der Waals surface area contributed by atoms with Gasteiger partial charge < -0.3 is 11.1 Å². The molecule has 1 saturated carbocycles. The lowest BCUT2D eigenvalue weighted by atomic mass is 9.85. The van der Waals surface area contributed by atoms with Crippen LogP contribution in [0.4, 0.5) is 13.2 Å². The summed E-state index contributed by atoms with van der Waals surface area (Å²) >= 11 is 0. The third-order valence-corrected chi connectivity index (χ3v) is 3.17. The first kappa shape index (κ1) is 14.3. The van der Waals surface area contributed by atoms with Gasteiger partial charge in [-0.2, -0.15) is 13.2 Å². The van der Waals surface area contributed by atoms with Gasteiger partial charge in [-0.3, -0.25) is 4.79 Å². The highest BCUT2D eigenvalue weighted by atomic mass is 19.4. The molecular weight excluding hydrogens is 233 g/mol. The zero-order valence-electron chi connectivity index (χ0n) is 9.72. The predicted octanol–water partition coefficient (Wildman–Crippen LogP) is 1.96.